The normalized spacial score (nSPS) is 7.20. The van der Waals surface area contributed by atoms with Crippen LogP contribution < -0.4 is 20.4 Å². The van der Waals surface area contributed by atoms with Crippen molar-refractivity contribution in [2.45, 2.75) is 27.7 Å². The molecular formula is C16H20O8W-4. The van der Waals surface area contributed by atoms with Gasteiger partial charge in [-0.25, -0.2) is 0 Å². The number of aliphatic carboxylic acids is 4. The van der Waals surface area contributed by atoms with Crippen LogP contribution in [0.3, 0.4) is 0 Å². The molecule has 0 unspecified atom stereocenters. The molecule has 0 aliphatic rings. The summed E-state index contributed by atoms with van der Waals surface area (Å²) in [5.74, 6) is -4.74. The van der Waals surface area contributed by atoms with Crippen molar-refractivity contribution in [2.75, 3.05) is 0 Å². The Morgan fingerprint density at radius 3 is 0.520 bits per heavy atom. The molecule has 0 bridgehead atoms. The molecule has 0 saturated heterocycles. The predicted molar refractivity (Wildman–Crippen MR) is 79.3 cm³/mol. The van der Waals surface area contributed by atoms with Crippen LogP contribution in [0.2, 0.25) is 0 Å². The van der Waals surface area contributed by atoms with Crippen molar-refractivity contribution < 1.29 is 60.7 Å². The summed E-state index contributed by atoms with van der Waals surface area (Å²) in [4.78, 5) is 38.0. The van der Waals surface area contributed by atoms with Gasteiger partial charge in [-0.15, -0.1) is 0 Å². The van der Waals surface area contributed by atoms with Crippen molar-refractivity contribution in [1.29, 1.82) is 0 Å². The molecule has 0 heterocycles. The van der Waals surface area contributed by atoms with E-state index in [9.17, 15) is 39.6 Å². The van der Waals surface area contributed by atoms with Crippen LogP contribution in [-0.4, -0.2) is 23.9 Å². The second kappa shape index (κ2) is 19.6. The van der Waals surface area contributed by atoms with E-state index in [0.29, 0.717) is 0 Å². The number of hydrogen-bond acceptors (Lipinski definition) is 8. The van der Waals surface area contributed by atoms with E-state index in [1.54, 1.807) is 0 Å². The van der Waals surface area contributed by atoms with Crippen LogP contribution in [0.25, 0.3) is 0 Å². The van der Waals surface area contributed by atoms with Gasteiger partial charge in [0.1, 0.15) is 0 Å². The number of hydrogen-bond donors (Lipinski definition) is 0. The topological polar surface area (TPSA) is 161 Å². The number of carbonyl (C=O) groups is 4. The SMILES string of the molecule is C=C(C)C(=O)[O-].C=C(C)C(=O)[O-].C=C(C)C(=O)[O-].C=C(C)C(=O)[O-].[W]. The fourth-order valence-corrected chi connectivity index (χ4v) is 0. The summed E-state index contributed by atoms with van der Waals surface area (Å²) < 4.78 is 0. The van der Waals surface area contributed by atoms with Crippen molar-refractivity contribution in [3.8, 4) is 0 Å². The molecule has 0 amide bonds. The molecule has 0 spiro atoms. The molecule has 0 radical (unpaired) electrons. The summed E-state index contributed by atoms with van der Waals surface area (Å²) in [5.41, 5.74) is 0.259. The minimum atomic E-state index is -1.19. The monoisotopic (exact) mass is 524 g/mol. The Hall–Kier alpha value is -2.47. The Labute approximate surface area is 161 Å². The van der Waals surface area contributed by atoms with Crippen molar-refractivity contribution in [1.82, 2.24) is 0 Å². The van der Waals surface area contributed by atoms with Crippen LogP contribution in [0.4, 0.5) is 0 Å². The zero-order chi connectivity index (χ0) is 20.6. The zero-order valence-electron chi connectivity index (χ0n) is 14.5. The van der Waals surface area contributed by atoms with Gasteiger partial charge in [-0.1, -0.05) is 26.3 Å². The molecule has 0 N–H and O–H groups in total. The van der Waals surface area contributed by atoms with Crippen LogP contribution in [-0.2, 0) is 40.2 Å². The Balaban J connectivity index is -0.0000000702. The van der Waals surface area contributed by atoms with Crippen molar-refractivity contribution in [2.24, 2.45) is 0 Å². The minimum absolute atomic E-state index is 0. The van der Waals surface area contributed by atoms with Crippen molar-refractivity contribution in [3.05, 3.63) is 48.6 Å². The zero-order valence-corrected chi connectivity index (χ0v) is 17.4. The van der Waals surface area contributed by atoms with Crippen LogP contribution in [0.5, 0.6) is 0 Å². The molecule has 0 rings (SSSR count). The van der Waals surface area contributed by atoms with Gasteiger partial charge in [-0.2, -0.15) is 0 Å². The maximum atomic E-state index is 9.49. The van der Waals surface area contributed by atoms with Gasteiger partial charge < -0.3 is 39.6 Å². The van der Waals surface area contributed by atoms with E-state index in [0.717, 1.165) is 0 Å². The molecule has 0 aliphatic carbocycles. The van der Waals surface area contributed by atoms with Crippen LogP contribution >= 0.6 is 0 Å². The quantitative estimate of drug-likeness (QED) is 0.358. The molecule has 9 heteroatoms. The minimum Gasteiger partial charge on any atom is -0.545 e. The van der Waals surface area contributed by atoms with Gasteiger partial charge in [0.25, 0.3) is 0 Å². The average molecular weight is 524 g/mol. The summed E-state index contributed by atoms with van der Waals surface area (Å²) in [6.07, 6.45) is 0. The first kappa shape index (κ1) is 34.0. The van der Waals surface area contributed by atoms with Gasteiger partial charge in [0.05, 0.1) is 23.9 Å². The van der Waals surface area contributed by atoms with E-state index >= 15 is 0 Å². The van der Waals surface area contributed by atoms with Crippen molar-refractivity contribution in [3.63, 3.8) is 0 Å². The second-order valence-electron chi connectivity index (χ2n) is 4.27. The standard InChI is InChI=1S/4C4H6O2.W/c4*1-3(2)4(5)6;/h4*1H2,2H3,(H,5,6);/p-4. The second-order valence-corrected chi connectivity index (χ2v) is 4.27. The summed E-state index contributed by atoms with van der Waals surface area (Å²) in [6, 6.07) is 0. The molecule has 0 atom stereocenters. The molecule has 0 aromatic heterocycles. The van der Waals surface area contributed by atoms with Crippen LogP contribution in [0.1, 0.15) is 27.7 Å². The molecule has 0 fully saturated rings. The van der Waals surface area contributed by atoms with E-state index in [2.05, 4.69) is 26.3 Å². The third-order valence-electron chi connectivity index (χ3n) is 1.39. The maximum absolute atomic E-state index is 9.49. The third kappa shape index (κ3) is 44.9. The molecular weight excluding hydrogens is 504 g/mol. The van der Waals surface area contributed by atoms with E-state index in [1.165, 1.54) is 27.7 Å². The number of carboxylic acids is 4. The Morgan fingerprint density at radius 1 is 0.480 bits per heavy atom. The molecule has 0 aliphatic heterocycles. The Kier molecular flexibility index (Phi) is 26.6. The van der Waals surface area contributed by atoms with Gasteiger partial charge in [0.15, 0.2) is 0 Å². The van der Waals surface area contributed by atoms with Gasteiger partial charge >= 0.3 is 0 Å². The third-order valence-corrected chi connectivity index (χ3v) is 1.39. The fourth-order valence-electron chi connectivity index (χ4n) is 0. The molecule has 0 aromatic rings. The predicted octanol–water partition coefficient (Wildman–Crippen LogP) is -2.75. The van der Waals surface area contributed by atoms with Gasteiger partial charge in [-0.05, 0) is 50.0 Å². The summed E-state index contributed by atoms with van der Waals surface area (Å²) in [5, 5.41) is 38.0. The molecule has 25 heavy (non-hydrogen) atoms. The fraction of sp³-hybridized carbons (Fsp3) is 0.250. The van der Waals surface area contributed by atoms with E-state index < -0.39 is 23.9 Å². The first-order valence-electron chi connectivity index (χ1n) is 6.05. The summed E-state index contributed by atoms with van der Waals surface area (Å²) in [6.45, 7) is 17.9. The number of carboxylic acid groups (broad SMARTS) is 4. The van der Waals surface area contributed by atoms with Crippen LogP contribution in [0.15, 0.2) is 48.6 Å². The molecule has 8 nitrogen and oxygen atoms in total. The first-order chi connectivity index (χ1) is 10.6. The van der Waals surface area contributed by atoms with Crippen LogP contribution in [0, 0.1) is 0 Å². The largest absolute Gasteiger partial charge is 0.545 e. The number of carbonyl (C=O) groups excluding carboxylic acids is 4. The average Bonchev–Trinajstić information content (AvgIpc) is 2.40. The van der Waals surface area contributed by atoms with Gasteiger partial charge in [0, 0.05) is 21.1 Å². The van der Waals surface area contributed by atoms with Crippen molar-refractivity contribution >= 4 is 23.9 Å². The van der Waals surface area contributed by atoms with E-state index in [4.69, 9.17) is 0 Å². The van der Waals surface area contributed by atoms with Gasteiger partial charge in [0.2, 0.25) is 0 Å². The number of rotatable bonds is 4. The van der Waals surface area contributed by atoms with Gasteiger partial charge in [-0.3, -0.25) is 0 Å². The van der Waals surface area contributed by atoms with E-state index in [1.807, 2.05) is 0 Å². The molecule has 142 valence electrons. The summed E-state index contributed by atoms with van der Waals surface area (Å²) >= 11 is 0. The molecule has 0 aromatic carbocycles. The van der Waals surface area contributed by atoms with E-state index in [-0.39, 0.29) is 43.4 Å². The first-order valence-corrected chi connectivity index (χ1v) is 6.05. The smallest absolute Gasteiger partial charge is 0.0666 e. The summed E-state index contributed by atoms with van der Waals surface area (Å²) in [7, 11) is 0. The maximum Gasteiger partial charge on any atom is 0.0666 e. The Morgan fingerprint density at radius 2 is 0.520 bits per heavy atom. The molecule has 0 saturated carbocycles. The Bertz CT molecular complexity index is 388.